The predicted octanol–water partition coefficient (Wildman–Crippen LogP) is 2.10. The van der Waals surface area contributed by atoms with Gasteiger partial charge in [0.05, 0.1) is 4.92 Å². The summed E-state index contributed by atoms with van der Waals surface area (Å²) in [6, 6.07) is 4.25. The van der Waals surface area contributed by atoms with E-state index < -0.39 is 4.92 Å². The van der Waals surface area contributed by atoms with E-state index >= 15 is 0 Å². The highest BCUT2D eigenvalue weighted by Gasteiger charge is 2.13. The van der Waals surface area contributed by atoms with Crippen LogP contribution in [-0.2, 0) is 0 Å². The lowest BCUT2D eigenvalue weighted by Gasteiger charge is -1.95. The minimum Gasteiger partial charge on any atom is -0.508 e. The molecule has 1 aromatic carbocycles. The van der Waals surface area contributed by atoms with Gasteiger partial charge in [0.2, 0.25) is 0 Å². The second-order valence-electron chi connectivity index (χ2n) is 2.79. The number of phenols is 1. The Balaban J connectivity index is 2.76. The van der Waals surface area contributed by atoms with Crippen molar-refractivity contribution in [2.45, 2.75) is 0 Å². The van der Waals surface area contributed by atoms with Crippen LogP contribution < -0.4 is 5.73 Å². The molecular formula is C8H6N2O3S. The van der Waals surface area contributed by atoms with Crippen molar-refractivity contribution in [2.75, 3.05) is 5.73 Å². The summed E-state index contributed by atoms with van der Waals surface area (Å²) in [5, 5.41) is 20.3. The van der Waals surface area contributed by atoms with Crippen LogP contribution in [0.2, 0.25) is 0 Å². The van der Waals surface area contributed by atoms with Crippen LogP contribution in [-0.4, -0.2) is 10.0 Å². The lowest BCUT2D eigenvalue weighted by Crippen LogP contribution is -1.84. The molecule has 0 radical (unpaired) electrons. The third kappa shape index (κ3) is 1.25. The summed E-state index contributed by atoms with van der Waals surface area (Å²) in [7, 11) is 0. The highest BCUT2D eigenvalue weighted by atomic mass is 32.1. The maximum Gasteiger partial charge on any atom is 0.325 e. The third-order valence-corrected chi connectivity index (χ3v) is 2.85. The molecule has 0 atom stereocenters. The fourth-order valence-corrected chi connectivity index (χ4v) is 2.17. The summed E-state index contributed by atoms with van der Waals surface area (Å²) >= 11 is 0.995. The molecule has 0 saturated carbocycles. The average molecular weight is 210 g/mol. The Morgan fingerprint density at radius 3 is 2.79 bits per heavy atom. The van der Waals surface area contributed by atoms with Crippen molar-refractivity contribution in [3.05, 3.63) is 28.3 Å². The summed E-state index contributed by atoms with van der Waals surface area (Å²) in [5.41, 5.74) is 5.95. The number of aromatic hydroxyl groups is 1. The number of rotatable bonds is 1. The number of hydrogen-bond acceptors (Lipinski definition) is 5. The van der Waals surface area contributed by atoms with Gasteiger partial charge in [0.15, 0.2) is 0 Å². The summed E-state index contributed by atoms with van der Waals surface area (Å²) in [6.45, 7) is 0. The van der Waals surface area contributed by atoms with Crippen LogP contribution in [0.25, 0.3) is 10.1 Å². The number of anilines is 1. The molecule has 2 aromatic rings. The predicted molar refractivity (Wildman–Crippen MR) is 54.6 cm³/mol. The van der Waals surface area contributed by atoms with Crippen molar-refractivity contribution >= 4 is 32.1 Å². The van der Waals surface area contributed by atoms with E-state index in [1.807, 2.05) is 0 Å². The fourth-order valence-electron chi connectivity index (χ4n) is 1.23. The zero-order valence-corrected chi connectivity index (χ0v) is 7.75. The minimum atomic E-state index is -0.471. The van der Waals surface area contributed by atoms with Crippen molar-refractivity contribution in [2.24, 2.45) is 0 Å². The van der Waals surface area contributed by atoms with Crippen LogP contribution in [0.1, 0.15) is 0 Å². The Morgan fingerprint density at radius 2 is 2.14 bits per heavy atom. The van der Waals surface area contributed by atoms with Gasteiger partial charge in [-0.2, -0.15) is 0 Å². The molecule has 0 aliphatic rings. The molecule has 0 spiro atoms. The number of nitrogens with zero attached hydrogens (tertiary/aromatic N) is 1. The Kier molecular flexibility index (Phi) is 1.78. The maximum atomic E-state index is 10.5. The maximum absolute atomic E-state index is 10.5. The number of nitrogen functional groups attached to an aromatic ring is 1. The van der Waals surface area contributed by atoms with Gasteiger partial charge in [-0.05, 0) is 6.07 Å². The number of nitro groups is 1. The Morgan fingerprint density at radius 1 is 1.43 bits per heavy atom. The zero-order valence-electron chi connectivity index (χ0n) is 6.93. The van der Waals surface area contributed by atoms with Gasteiger partial charge in [-0.3, -0.25) is 10.1 Å². The number of thiophene rings is 1. The molecule has 3 N–H and O–H groups in total. The molecule has 0 aliphatic heterocycles. The minimum absolute atomic E-state index is 0.0201. The van der Waals surface area contributed by atoms with Gasteiger partial charge >= 0.3 is 5.00 Å². The molecule has 0 saturated heterocycles. The standard InChI is InChI=1S/C8H6N2O3S/c9-6-1-4(11)2-7-5(6)3-8(14-7)10(12)13/h1-3,11H,9H2. The van der Waals surface area contributed by atoms with Crippen LogP contribution in [0.3, 0.4) is 0 Å². The molecule has 2 rings (SSSR count). The van der Waals surface area contributed by atoms with Crippen LogP contribution in [0.5, 0.6) is 5.75 Å². The van der Waals surface area contributed by atoms with Gasteiger partial charge in [0.25, 0.3) is 0 Å². The van der Waals surface area contributed by atoms with Crippen molar-refractivity contribution < 1.29 is 10.0 Å². The number of fused-ring (bicyclic) bond motifs is 1. The normalized spacial score (nSPS) is 10.6. The van der Waals surface area contributed by atoms with Gasteiger partial charge in [-0.25, -0.2) is 0 Å². The molecule has 72 valence electrons. The van der Waals surface area contributed by atoms with Gasteiger partial charge in [-0.1, -0.05) is 11.3 Å². The van der Waals surface area contributed by atoms with E-state index in [0.717, 1.165) is 11.3 Å². The Bertz CT molecular complexity index is 521. The lowest BCUT2D eigenvalue weighted by atomic mass is 10.2. The third-order valence-electron chi connectivity index (χ3n) is 1.82. The first-order valence-corrected chi connectivity index (χ1v) is 4.56. The molecule has 0 aliphatic carbocycles. The van der Waals surface area contributed by atoms with Gasteiger partial charge in [0, 0.05) is 27.9 Å². The van der Waals surface area contributed by atoms with Gasteiger partial charge in [-0.15, -0.1) is 0 Å². The molecule has 0 unspecified atom stereocenters. The number of hydrogen-bond donors (Lipinski definition) is 2. The van der Waals surface area contributed by atoms with Crippen molar-refractivity contribution in [3.8, 4) is 5.75 Å². The number of benzene rings is 1. The first-order chi connectivity index (χ1) is 6.58. The SMILES string of the molecule is Nc1cc(O)cc2sc([N+](=O)[O-])cc12. The van der Waals surface area contributed by atoms with E-state index in [1.165, 1.54) is 18.2 Å². The quantitative estimate of drug-likeness (QED) is 0.428. The zero-order chi connectivity index (χ0) is 10.3. The molecular weight excluding hydrogens is 204 g/mol. The van der Waals surface area contributed by atoms with E-state index in [2.05, 4.69) is 0 Å². The molecule has 1 heterocycles. The second kappa shape index (κ2) is 2.85. The molecule has 6 heteroatoms. The van der Waals surface area contributed by atoms with Crippen LogP contribution in [0.4, 0.5) is 10.7 Å². The summed E-state index contributed by atoms with van der Waals surface area (Å²) in [5.74, 6) is 0.0201. The number of nitrogens with two attached hydrogens (primary N) is 1. The van der Waals surface area contributed by atoms with Crippen molar-refractivity contribution in [1.29, 1.82) is 0 Å². The van der Waals surface area contributed by atoms with E-state index in [0.29, 0.717) is 15.8 Å². The summed E-state index contributed by atoms with van der Waals surface area (Å²) in [4.78, 5) is 10.0. The Hall–Kier alpha value is -1.82. The first-order valence-electron chi connectivity index (χ1n) is 3.74. The summed E-state index contributed by atoms with van der Waals surface area (Å²) in [6.07, 6.45) is 0. The van der Waals surface area contributed by atoms with Crippen molar-refractivity contribution in [1.82, 2.24) is 0 Å². The molecule has 0 amide bonds. The van der Waals surface area contributed by atoms with Gasteiger partial charge < -0.3 is 10.8 Å². The van der Waals surface area contributed by atoms with Gasteiger partial charge in [0.1, 0.15) is 5.75 Å². The molecule has 14 heavy (non-hydrogen) atoms. The smallest absolute Gasteiger partial charge is 0.325 e. The van der Waals surface area contributed by atoms with Crippen LogP contribution >= 0.6 is 11.3 Å². The van der Waals surface area contributed by atoms with Crippen LogP contribution in [0, 0.1) is 10.1 Å². The molecule has 1 aromatic heterocycles. The van der Waals surface area contributed by atoms with Crippen molar-refractivity contribution in [3.63, 3.8) is 0 Å². The number of phenolic OH excluding ortho intramolecular Hbond substituents is 1. The Labute approximate surface area is 82.5 Å². The molecule has 5 nitrogen and oxygen atoms in total. The lowest BCUT2D eigenvalue weighted by molar-refractivity contribution is -0.380. The van der Waals surface area contributed by atoms with E-state index in [4.69, 9.17) is 5.73 Å². The van der Waals surface area contributed by atoms with E-state index in [-0.39, 0.29) is 10.8 Å². The van der Waals surface area contributed by atoms with Crippen LogP contribution in [0.15, 0.2) is 18.2 Å². The molecule has 0 bridgehead atoms. The topological polar surface area (TPSA) is 89.4 Å². The van der Waals surface area contributed by atoms with E-state index in [1.54, 1.807) is 0 Å². The van der Waals surface area contributed by atoms with E-state index in [9.17, 15) is 15.2 Å². The monoisotopic (exact) mass is 210 g/mol. The fraction of sp³-hybridized carbons (Fsp3) is 0. The average Bonchev–Trinajstić information content (AvgIpc) is 2.47. The summed E-state index contributed by atoms with van der Waals surface area (Å²) < 4.78 is 0.620. The highest BCUT2D eigenvalue weighted by Crippen LogP contribution is 2.36. The second-order valence-corrected chi connectivity index (χ2v) is 3.85. The first kappa shape index (κ1) is 8.76. The largest absolute Gasteiger partial charge is 0.508 e. The highest BCUT2D eigenvalue weighted by molar-refractivity contribution is 7.22. The molecule has 0 fully saturated rings.